The molecule has 1 aromatic heterocycles. The van der Waals surface area contributed by atoms with Gasteiger partial charge in [0.05, 0.1) is 15.6 Å². The van der Waals surface area contributed by atoms with Gasteiger partial charge in [-0.1, -0.05) is 6.07 Å². The van der Waals surface area contributed by atoms with Crippen LogP contribution in [-0.4, -0.2) is 26.3 Å². The van der Waals surface area contributed by atoms with Crippen molar-refractivity contribution in [3.63, 3.8) is 0 Å². The first kappa shape index (κ1) is 17.7. The van der Waals surface area contributed by atoms with Crippen LogP contribution in [0.2, 0.25) is 0 Å². The van der Waals surface area contributed by atoms with Gasteiger partial charge < -0.3 is 4.74 Å². The summed E-state index contributed by atoms with van der Waals surface area (Å²) in [5.74, 6) is -0.587. The van der Waals surface area contributed by atoms with Crippen molar-refractivity contribution in [1.82, 2.24) is 9.71 Å². The summed E-state index contributed by atoms with van der Waals surface area (Å²) < 4.78 is 66.7. The minimum Gasteiger partial charge on any atom is -0.406 e. The van der Waals surface area contributed by atoms with Crippen molar-refractivity contribution in [3.05, 3.63) is 40.3 Å². The van der Waals surface area contributed by atoms with E-state index in [-0.39, 0.29) is 11.4 Å². The number of benzene rings is 1. The average molecular weight is 366 g/mol. The zero-order chi connectivity index (χ0) is 17.1. The summed E-state index contributed by atoms with van der Waals surface area (Å²) in [6.45, 7) is 1.93. The topological polar surface area (TPSA) is 68.3 Å². The Morgan fingerprint density at radius 1 is 1.35 bits per heavy atom. The normalized spacial score (nSPS) is 12.3. The van der Waals surface area contributed by atoms with Crippen LogP contribution < -0.4 is 9.46 Å². The van der Waals surface area contributed by atoms with Gasteiger partial charge >= 0.3 is 6.36 Å². The summed E-state index contributed by atoms with van der Waals surface area (Å²) in [4.78, 5) is 3.90. The summed E-state index contributed by atoms with van der Waals surface area (Å²) in [6, 6.07) is 4.23. The summed E-state index contributed by atoms with van der Waals surface area (Å²) in [5.41, 5.74) is 0.754. The Hall–Kier alpha value is -1.65. The number of aromatic nitrogens is 1. The van der Waals surface area contributed by atoms with Crippen molar-refractivity contribution in [2.45, 2.75) is 24.6 Å². The highest BCUT2D eigenvalue weighted by molar-refractivity contribution is 7.89. The molecule has 0 saturated heterocycles. The van der Waals surface area contributed by atoms with Gasteiger partial charge in [0.1, 0.15) is 5.75 Å². The summed E-state index contributed by atoms with van der Waals surface area (Å²) in [5, 5.41) is 2.70. The second-order valence-corrected chi connectivity index (χ2v) is 7.36. The Morgan fingerprint density at radius 2 is 2.09 bits per heavy atom. The number of rotatable bonds is 6. The Morgan fingerprint density at radius 3 is 2.70 bits per heavy atom. The number of hydrogen-bond donors (Lipinski definition) is 1. The molecular weight excluding hydrogens is 353 g/mol. The molecule has 1 aromatic carbocycles. The summed E-state index contributed by atoms with van der Waals surface area (Å²) in [7, 11) is -3.92. The van der Waals surface area contributed by atoms with E-state index in [2.05, 4.69) is 14.4 Å². The molecule has 0 saturated carbocycles. The molecule has 0 aliphatic carbocycles. The van der Waals surface area contributed by atoms with Crippen LogP contribution in [-0.2, 0) is 16.4 Å². The minimum absolute atomic E-state index is 0.0931. The maximum absolute atomic E-state index is 12.2. The van der Waals surface area contributed by atoms with Crippen molar-refractivity contribution >= 4 is 21.4 Å². The first-order chi connectivity index (χ1) is 10.7. The van der Waals surface area contributed by atoms with Crippen molar-refractivity contribution in [1.29, 1.82) is 0 Å². The third-order valence-electron chi connectivity index (χ3n) is 2.69. The molecule has 1 N–H and O–H groups in total. The number of alkyl halides is 3. The van der Waals surface area contributed by atoms with Gasteiger partial charge in [0.2, 0.25) is 10.0 Å². The molecular formula is C13H13F3N2O3S2. The van der Waals surface area contributed by atoms with Gasteiger partial charge in [0, 0.05) is 24.4 Å². The van der Waals surface area contributed by atoms with E-state index in [0.29, 0.717) is 6.42 Å². The van der Waals surface area contributed by atoms with Gasteiger partial charge in [-0.15, -0.1) is 24.5 Å². The molecule has 126 valence electrons. The molecule has 0 aliphatic rings. The highest BCUT2D eigenvalue weighted by Crippen LogP contribution is 2.24. The number of nitrogens with one attached hydrogen (secondary N) is 1. The second kappa shape index (κ2) is 6.85. The van der Waals surface area contributed by atoms with Crippen molar-refractivity contribution in [3.8, 4) is 5.75 Å². The number of sulfonamides is 1. The number of halogens is 3. The average Bonchev–Trinajstić information content (AvgIpc) is 2.82. The fraction of sp³-hybridized carbons (Fsp3) is 0.308. The van der Waals surface area contributed by atoms with E-state index in [1.54, 1.807) is 0 Å². The first-order valence-corrected chi connectivity index (χ1v) is 8.78. The third kappa shape index (κ3) is 5.48. The van der Waals surface area contributed by atoms with Gasteiger partial charge in [-0.05, 0) is 19.1 Å². The van der Waals surface area contributed by atoms with Crippen molar-refractivity contribution in [2.24, 2.45) is 0 Å². The zero-order valence-electron chi connectivity index (χ0n) is 11.9. The lowest BCUT2D eigenvalue weighted by atomic mass is 10.3. The smallest absolute Gasteiger partial charge is 0.406 e. The van der Waals surface area contributed by atoms with E-state index in [0.717, 1.165) is 22.8 Å². The molecule has 2 rings (SSSR count). The molecule has 0 radical (unpaired) electrons. The summed E-state index contributed by atoms with van der Waals surface area (Å²) >= 11 is 1.45. The molecule has 2 aromatic rings. The molecule has 5 nitrogen and oxygen atoms in total. The Balaban J connectivity index is 2.02. The SMILES string of the molecule is Cc1nc(CCNS(=O)(=O)c2cccc(OC(F)(F)F)c2)cs1. The predicted octanol–water partition coefficient (Wildman–Crippen LogP) is 2.87. The lowest BCUT2D eigenvalue weighted by Gasteiger charge is -2.11. The van der Waals surface area contributed by atoms with Crippen LogP contribution >= 0.6 is 11.3 Å². The minimum atomic E-state index is -4.88. The Bertz CT molecular complexity index is 773. The Kier molecular flexibility index (Phi) is 5.27. The first-order valence-electron chi connectivity index (χ1n) is 6.42. The van der Waals surface area contributed by atoms with Gasteiger partial charge in [-0.2, -0.15) is 0 Å². The second-order valence-electron chi connectivity index (χ2n) is 4.53. The molecule has 0 aliphatic heterocycles. The van der Waals surface area contributed by atoms with Gasteiger partial charge in [-0.25, -0.2) is 18.1 Å². The van der Waals surface area contributed by atoms with E-state index in [4.69, 9.17) is 0 Å². The number of nitrogens with zero attached hydrogens (tertiary/aromatic N) is 1. The van der Waals surface area contributed by atoms with Crippen LogP contribution in [0.1, 0.15) is 10.7 Å². The van der Waals surface area contributed by atoms with Crippen molar-refractivity contribution in [2.75, 3.05) is 6.54 Å². The van der Waals surface area contributed by atoms with Crippen molar-refractivity contribution < 1.29 is 26.3 Å². The van der Waals surface area contributed by atoms with Crippen LogP contribution in [0.15, 0.2) is 34.5 Å². The number of ether oxygens (including phenoxy) is 1. The van der Waals surface area contributed by atoms with Crippen LogP contribution in [0.4, 0.5) is 13.2 Å². The monoisotopic (exact) mass is 366 g/mol. The van der Waals surface area contributed by atoms with Crippen LogP contribution in [0, 0.1) is 6.92 Å². The molecule has 1 heterocycles. The Labute approximate surface area is 135 Å². The molecule has 0 bridgehead atoms. The molecule has 10 heteroatoms. The lowest BCUT2D eigenvalue weighted by molar-refractivity contribution is -0.274. The molecule has 0 unspecified atom stereocenters. The molecule has 23 heavy (non-hydrogen) atoms. The molecule has 0 spiro atoms. The fourth-order valence-electron chi connectivity index (χ4n) is 1.76. The van der Waals surface area contributed by atoms with E-state index in [9.17, 15) is 21.6 Å². The van der Waals surface area contributed by atoms with E-state index < -0.39 is 22.1 Å². The van der Waals surface area contributed by atoms with E-state index >= 15 is 0 Å². The highest BCUT2D eigenvalue weighted by Gasteiger charge is 2.31. The molecule has 0 amide bonds. The maximum Gasteiger partial charge on any atom is 0.573 e. The maximum atomic E-state index is 12.2. The molecule has 0 atom stereocenters. The van der Waals surface area contributed by atoms with Crippen LogP contribution in [0.3, 0.4) is 0 Å². The van der Waals surface area contributed by atoms with Crippen LogP contribution in [0.5, 0.6) is 5.75 Å². The van der Waals surface area contributed by atoms with Gasteiger partial charge in [-0.3, -0.25) is 0 Å². The number of aryl methyl sites for hydroxylation is 1. The van der Waals surface area contributed by atoms with Gasteiger partial charge in [0.25, 0.3) is 0 Å². The number of hydrogen-bond acceptors (Lipinski definition) is 5. The highest BCUT2D eigenvalue weighted by atomic mass is 32.2. The fourth-order valence-corrected chi connectivity index (χ4v) is 3.47. The quantitative estimate of drug-likeness (QED) is 0.854. The van der Waals surface area contributed by atoms with E-state index in [1.807, 2.05) is 12.3 Å². The molecule has 0 fully saturated rings. The lowest BCUT2D eigenvalue weighted by Crippen LogP contribution is -2.26. The van der Waals surface area contributed by atoms with Crippen LogP contribution in [0.25, 0.3) is 0 Å². The largest absolute Gasteiger partial charge is 0.573 e. The summed E-state index contributed by atoms with van der Waals surface area (Å²) in [6.07, 6.45) is -4.49. The predicted molar refractivity (Wildman–Crippen MR) is 78.9 cm³/mol. The standard InChI is InChI=1S/C13H13F3N2O3S2/c1-9-18-10(8-22-9)5-6-17-23(19,20)12-4-2-3-11(7-12)21-13(14,15)16/h2-4,7-8,17H,5-6H2,1H3. The van der Waals surface area contributed by atoms with Gasteiger partial charge in [0.15, 0.2) is 0 Å². The zero-order valence-corrected chi connectivity index (χ0v) is 13.6. The van der Waals surface area contributed by atoms with E-state index in [1.165, 1.54) is 23.5 Å². The third-order valence-corrected chi connectivity index (χ3v) is 4.97. The number of thiazole rings is 1.